The molecular weight excluding hydrogens is 308 g/mol. The Hall–Kier alpha value is -2.61. The molecule has 0 fully saturated rings. The number of nitro groups is 1. The van der Waals surface area contributed by atoms with Gasteiger partial charge in [0.25, 0.3) is 15.7 Å². The second-order valence-corrected chi connectivity index (χ2v) is 6.16. The van der Waals surface area contributed by atoms with Gasteiger partial charge in [0.2, 0.25) is 0 Å². The molecule has 0 aliphatic rings. The zero-order valence-electron chi connectivity index (χ0n) is 11.9. The molecule has 0 amide bonds. The van der Waals surface area contributed by atoms with Crippen molar-refractivity contribution in [3.05, 3.63) is 58.1 Å². The van der Waals surface area contributed by atoms with Crippen LogP contribution in [-0.4, -0.2) is 20.5 Å². The molecule has 116 valence electrons. The van der Waals surface area contributed by atoms with E-state index in [2.05, 4.69) is 4.72 Å². The molecule has 7 nitrogen and oxygen atoms in total. The molecule has 2 rings (SSSR count). The SMILES string of the molecule is COc1ccc(NS(=O)(=O)c2ccccc2C)c([N+](=O)[O-])c1. The van der Waals surface area contributed by atoms with Gasteiger partial charge in [-0.2, -0.15) is 0 Å². The third-order valence-electron chi connectivity index (χ3n) is 3.03. The molecule has 0 unspecified atom stereocenters. The van der Waals surface area contributed by atoms with Gasteiger partial charge in [-0.05, 0) is 30.7 Å². The zero-order chi connectivity index (χ0) is 16.3. The number of sulfonamides is 1. The van der Waals surface area contributed by atoms with Crippen LogP contribution in [0.15, 0.2) is 47.4 Å². The van der Waals surface area contributed by atoms with Crippen LogP contribution in [0.2, 0.25) is 0 Å². The van der Waals surface area contributed by atoms with Crippen LogP contribution in [-0.2, 0) is 10.0 Å². The van der Waals surface area contributed by atoms with Crippen molar-refractivity contribution in [2.45, 2.75) is 11.8 Å². The Morgan fingerprint density at radius 2 is 1.86 bits per heavy atom. The van der Waals surface area contributed by atoms with E-state index in [-0.39, 0.29) is 22.0 Å². The van der Waals surface area contributed by atoms with E-state index in [9.17, 15) is 18.5 Å². The summed E-state index contributed by atoms with van der Waals surface area (Å²) in [5, 5.41) is 11.1. The van der Waals surface area contributed by atoms with E-state index < -0.39 is 14.9 Å². The van der Waals surface area contributed by atoms with Gasteiger partial charge in [-0.15, -0.1) is 0 Å². The first kappa shape index (κ1) is 15.8. The van der Waals surface area contributed by atoms with Crippen molar-refractivity contribution in [2.24, 2.45) is 0 Å². The fraction of sp³-hybridized carbons (Fsp3) is 0.143. The lowest BCUT2D eigenvalue weighted by atomic mass is 10.2. The number of hydrogen-bond acceptors (Lipinski definition) is 5. The van der Waals surface area contributed by atoms with Gasteiger partial charge < -0.3 is 4.74 Å². The van der Waals surface area contributed by atoms with Gasteiger partial charge in [0.1, 0.15) is 11.4 Å². The van der Waals surface area contributed by atoms with Gasteiger partial charge in [-0.3, -0.25) is 14.8 Å². The summed E-state index contributed by atoms with van der Waals surface area (Å²) in [5.74, 6) is 0.269. The minimum atomic E-state index is -3.91. The Morgan fingerprint density at radius 3 is 2.45 bits per heavy atom. The number of methoxy groups -OCH3 is 1. The number of nitrogens with one attached hydrogen (secondary N) is 1. The van der Waals surface area contributed by atoms with Crippen molar-refractivity contribution < 1.29 is 18.1 Å². The molecular formula is C14H14N2O5S. The van der Waals surface area contributed by atoms with Crippen LogP contribution in [0.4, 0.5) is 11.4 Å². The third-order valence-corrected chi connectivity index (χ3v) is 4.55. The average Bonchev–Trinajstić information content (AvgIpc) is 2.47. The van der Waals surface area contributed by atoms with E-state index in [1.165, 1.54) is 25.3 Å². The molecule has 0 saturated heterocycles. The largest absolute Gasteiger partial charge is 0.496 e. The van der Waals surface area contributed by atoms with Gasteiger partial charge in [-0.25, -0.2) is 8.42 Å². The molecule has 0 spiro atoms. The van der Waals surface area contributed by atoms with E-state index in [1.54, 1.807) is 25.1 Å². The number of nitrogens with zero attached hydrogens (tertiary/aromatic N) is 1. The summed E-state index contributed by atoms with van der Waals surface area (Å²) >= 11 is 0. The topological polar surface area (TPSA) is 98.5 Å². The Morgan fingerprint density at radius 1 is 1.18 bits per heavy atom. The van der Waals surface area contributed by atoms with Crippen LogP contribution < -0.4 is 9.46 Å². The van der Waals surface area contributed by atoms with Crippen LogP contribution in [0.25, 0.3) is 0 Å². The smallest absolute Gasteiger partial charge is 0.297 e. The molecule has 0 heterocycles. The quantitative estimate of drug-likeness (QED) is 0.674. The Kier molecular flexibility index (Phi) is 4.32. The van der Waals surface area contributed by atoms with Crippen molar-refractivity contribution in [3.8, 4) is 5.75 Å². The van der Waals surface area contributed by atoms with Crippen LogP contribution >= 0.6 is 0 Å². The summed E-state index contributed by atoms with van der Waals surface area (Å²) in [5.41, 5.74) is 0.0525. The highest BCUT2D eigenvalue weighted by molar-refractivity contribution is 7.92. The number of rotatable bonds is 5. The van der Waals surface area contributed by atoms with E-state index in [4.69, 9.17) is 4.74 Å². The second-order valence-electron chi connectivity index (χ2n) is 4.51. The summed E-state index contributed by atoms with van der Waals surface area (Å²) in [6, 6.07) is 10.3. The van der Waals surface area contributed by atoms with Gasteiger partial charge >= 0.3 is 0 Å². The lowest BCUT2D eigenvalue weighted by Gasteiger charge is -2.11. The Balaban J connectivity index is 2.46. The summed E-state index contributed by atoms with van der Waals surface area (Å²) < 4.78 is 31.9. The lowest BCUT2D eigenvalue weighted by molar-refractivity contribution is -0.384. The average molecular weight is 322 g/mol. The highest BCUT2D eigenvalue weighted by Gasteiger charge is 2.22. The maximum atomic E-state index is 12.4. The third kappa shape index (κ3) is 3.17. The highest BCUT2D eigenvalue weighted by atomic mass is 32.2. The second kappa shape index (κ2) is 6.02. The van der Waals surface area contributed by atoms with Crippen molar-refractivity contribution in [3.63, 3.8) is 0 Å². The van der Waals surface area contributed by atoms with Gasteiger partial charge in [-0.1, -0.05) is 18.2 Å². The van der Waals surface area contributed by atoms with Gasteiger partial charge in [0.15, 0.2) is 0 Å². The fourth-order valence-electron chi connectivity index (χ4n) is 1.93. The van der Waals surface area contributed by atoms with Crippen LogP contribution in [0.1, 0.15) is 5.56 Å². The van der Waals surface area contributed by atoms with E-state index in [0.717, 1.165) is 6.07 Å². The number of benzene rings is 2. The Labute approximate surface area is 127 Å². The van der Waals surface area contributed by atoms with Gasteiger partial charge in [0.05, 0.1) is 23.0 Å². The first-order valence-corrected chi connectivity index (χ1v) is 7.74. The van der Waals surface area contributed by atoms with E-state index in [0.29, 0.717) is 5.56 Å². The van der Waals surface area contributed by atoms with Crippen molar-refractivity contribution in [1.82, 2.24) is 0 Å². The molecule has 0 aliphatic carbocycles. The predicted molar refractivity (Wildman–Crippen MR) is 81.6 cm³/mol. The zero-order valence-corrected chi connectivity index (χ0v) is 12.8. The maximum Gasteiger partial charge on any atom is 0.297 e. The number of nitro benzene ring substituents is 1. The molecule has 1 N–H and O–H groups in total. The van der Waals surface area contributed by atoms with Crippen LogP contribution in [0.5, 0.6) is 5.75 Å². The molecule has 22 heavy (non-hydrogen) atoms. The van der Waals surface area contributed by atoms with E-state index in [1.807, 2.05) is 0 Å². The van der Waals surface area contributed by atoms with Crippen LogP contribution in [0, 0.1) is 17.0 Å². The molecule has 0 atom stereocenters. The summed E-state index contributed by atoms with van der Waals surface area (Å²) in [6.07, 6.45) is 0. The first-order valence-electron chi connectivity index (χ1n) is 6.26. The number of anilines is 1. The van der Waals surface area contributed by atoms with Crippen molar-refractivity contribution in [1.29, 1.82) is 0 Å². The molecule has 0 radical (unpaired) electrons. The maximum absolute atomic E-state index is 12.4. The summed E-state index contributed by atoms with van der Waals surface area (Å²) in [4.78, 5) is 10.5. The van der Waals surface area contributed by atoms with Crippen LogP contribution in [0.3, 0.4) is 0 Å². The molecule has 0 bridgehead atoms. The highest BCUT2D eigenvalue weighted by Crippen LogP contribution is 2.31. The Bertz CT molecular complexity index is 818. The molecule has 8 heteroatoms. The normalized spacial score (nSPS) is 11.0. The summed E-state index contributed by atoms with van der Waals surface area (Å²) in [6.45, 7) is 1.65. The van der Waals surface area contributed by atoms with E-state index >= 15 is 0 Å². The molecule has 2 aromatic carbocycles. The minimum Gasteiger partial charge on any atom is -0.496 e. The molecule has 2 aromatic rings. The van der Waals surface area contributed by atoms with Crippen molar-refractivity contribution >= 4 is 21.4 Å². The van der Waals surface area contributed by atoms with Crippen molar-refractivity contribution in [2.75, 3.05) is 11.8 Å². The predicted octanol–water partition coefficient (Wildman–Crippen LogP) is 2.71. The molecule has 0 aliphatic heterocycles. The molecule has 0 aromatic heterocycles. The minimum absolute atomic E-state index is 0.0696. The number of hydrogen-bond donors (Lipinski definition) is 1. The monoisotopic (exact) mass is 322 g/mol. The van der Waals surface area contributed by atoms with Gasteiger partial charge in [0, 0.05) is 0 Å². The fourth-order valence-corrected chi connectivity index (χ4v) is 3.26. The number of ether oxygens (including phenoxy) is 1. The lowest BCUT2D eigenvalue weighted by Crippen LogP contribution is -2.15. The first-order chi connectivity index (χ1) is 10.3. The summed E-state index contributed by atoms with van der Waals surface area (Å²) in [7, 11) is -2.54. The number of aryl methyl sites for hydroxylation is 1. The molecule has 0 saturated carbocycles. The standard InChI is InChI=1S/C14H14N2O5S/c1-10-5-3-4-6-14(10)22(19,20)15-12-8-7-11(21-2)9-13(12)16(17)18/h3-9,15H,1-2H3.